The molecule has 1 aliphatic carbocycles. The van der Waals surface area contributed by atoms with Crippen molar-refractivity contribution in [3.05, 3.63) is 18.5 Å². The number of likely N-dealkylation sites (N-methyl/N-ethyl adjacent to an activating group) is 1. The second-order valence-electron chi connectivity index (χ2n) is 7.15. The predicted molar refractivity (Wildman–Crippen MR) is 91.0 cm³/mol. The number of carbonyl (C=O) groups excluding carboxylic acids is 1. The number of rotatable bonds is 5. The third kappa shape index (κ3) is 3.46. The van der Waals surface area contributed by atoms with Crippen LogP contribution >= 0.6 is 0 Å². The number of amides is 1. The number of nitriles is 1. The summed E-state index contributed by atoms with van der Waals surface area (Å²) in [5, 5.41) is 14.0. The van der Waals surface area contributed by atoms with Gasteiger partial charge in [0.1, 0.15) is 5.54 Å². The zero-order valence-electron chi connectivity index (χ0n) is 14.5. The minimum absolute atomic E-state index is 0.0748. The maximum absolute atomic E-state index is 12.8. The summed E-state index contributed by atoms with van der Waals surface area (Å²) in [4.78, 5) is 16.8. The zero-order chi connectivity index (χ0) is 17.0. The third-order valence-electron chi connectivity index (χ3n) is 5.70. The van der Waals surface area contributed by atoms with E-state index in [1.807, 2.05) is 24.0 Å². The summed E-state index contributed by atoms with van der Waals surface area (Å²) >= 11 is 0. The Kier molecular flexibility index (Phi) is 5.20. The second kappa shape index (κ2) is 7.35. The van der Waals surface area contributed by atoms with Crippen LogP contribution in [0.2, 0.25) is 0 Å². The van der Waals surface area contributed by atoms with E-state index >= 15 is 0 Å². The molecular formula is C18H27N5O. The molecule has 6 heteroatoms. The number of hydrogen-bond acceptors (Lipinski definition) is 4. The van der Waals surface area contributed by atoms with E-state index in [1.165, 1.54) is 6.42 Å². The smallest absolute Gasteiger partial charge is 0.237 e. The number of nitrogens with zero attached hydrogens (tertiary/aromatic N) is 5. The molecule has 2 fully saturated rings. The van der Waals surface area contributed by atoms with Gasteiger partial charge in [-0.1, -0.05) is 19.3 Å². The lowest BCUT2D eigenvalue weighted by Gasteiger charge is -2.40. The van der Waals surface area contributed by atoms with Crippen molar-refractivity contribution in [2.45, 2.75) is 63.1 Å². The average molecular weight is 329 g/mol. The Bertz CT molecular complexity index is 585. The van der Waals surface area contributed by atoms with Gasteiger partial charge in [-0.25, -0.2) is 0 Å². The van der Waals surface area contributed by atoms with Crippen LogP contribution in [0.5, 0.6) is 0 Å². The summed E-state index contributed by atoms with van der Waals surface area (Å²) in [6.45, 7) is 2.18. The average Bonchev–Trinajstić information content (AvgIpc) is 3.28. The number of carbonyl (C=O) groups is 1. The van der Waals surface area contributed by atoms with Gasteiger partial charge in [0.15, 0.2) is 0 Å². The van der Waals surface area contributed by atoms with E-state index in [4.69, 9.17) is 0 Å². The zero-order valence-corrected chi connectivity index (χ0v) is 14.5. The highest BCUT2D eigenvalue weighted by Gasteiger charge is 2.39. The number of hydrogen-bond donors (Lipinski definition) is 0. The fourth-order valence-corrected chi connectivity index (χ4v) is 4.11. The monoisotopic (exact) mass is 329 g/mol. The van der Waals surface area contributed by atoms with Crippen LogP contribution in [0.15, 0.2) is 18.5 Å². The molecular weight excluding hydrogens is 302 g/mol. The Morgan fingerprint density at radius 1 is 1.38 bits per heavy atom. The molecule has 0 radical (unpaired) electrons. The molecule has 1 aliphatic heterocycles. The summed E-state index contributed by atoms with van der Waals surface area (Å²) in [7, 11) is 1.81. The van der Waals surface area contributed by atoms with Gasteiger partial charge in [-0.3, -0.25) is 14.4 Å². The van der Waals surface area contributed by atoms with Crippen molar-refractivity contribution in [2.24, 2.45) is 0 Å². The van der Waals surface area contributed by atoms with E-state index in [0.29, 0.717) is 12.6 Å². The molecule has 2 heterocycles. The van der Waals surface area contributed by atoms with Crippen molar-refractivity contribution >= 4 is 5.91 Å². The maximum Gasteiger partial charge on any atom is 0.237 e. The Morgan fingerprint density at radius 3 is 2.83 bits per heavy atom. The normalized spacial score (nSPS) is 23.8. The standard InChI is InChI=1S/C18H27N5O/c1-21(18(15-19)8-3-2-4-9-18)17(24)14-22-11-5-7-16(22)13-23-12-6-10-20-23/h6,10,12,16H,2-5,7-9,11,13-14H2,1H3. The molecule has 0 bridgehead atoms. The van der Waals surface area contributed by atoms with E-state index in [0.717, 1.165) is 51.6 Å². The molecule has 0 spiro atoms. The highest BCUT2D eigenvalue weighted by molar-refractivity contribution is 5.79. The largest absolute Gasteiger partial charge is 0.326 e. The lowest BCUT2D eigenvalue weighted by atomic mass is 9.81. The molecule has 1 aromatic heterocycles. The van der Waals surface area contributed by atoms with Gasteiger partial charge in [0, 0.05) is 25.5 Å². The van der Waals surface area contributed by atoms with Crippen molar-refractivity contribution < 1.29 is 4.79 Å². The van der Waals surface area contributed by atoms with Crippen LogP contribution in [0.25, 0.3) is 0 Å². The molecule has 3 rings (SSSR count). The van der Waals surface area contributed by atoms with Crippen LogP contribution < -0.4 is 0 Å². The molecule has 24 heavy (non-hydrogen) atoms. The van der Waals surface area contributed by atoms with Crippen LogP contribution in [-0.2, 0) is 11.3 Å². The molecule has 2 aliphatic rings. The molecule has 1 amide bonds. The van der Waals surface area contributed by atoms with E-state index < -0.39 is 5.54 Å². The predicted octanol–water partition coefficient (Wildman–Crippen LogP) is 2.03. The van der Waals surface area contributed by atoms with Gasteiger partial charge in [0.05, 0.1) is 19.2 Å². The van der Waals surface area contributed by atoms with Gasteiger partial charge in [-0.2, -0.15) is 10.4 Å². The molecule has 130 valence electrons. The maximum atomic E-state index is 12.8. The molecule has 1 unspecified atom stereocenters. The molecule has 1 atom stereocenters. The SMILES string of the molecule is CN(C(=O)CN1CCCC1Cn1cccn1)C1(C#N)CCCCC1. The van der Waals surface area contributed by atoms with Crippen molar-refractivity contribution in [1.82, 2.24) is 19.6 Å². The first-order valence-corrected chi connectivity index (χ1v) is 9.04. The van der Waals surface area contributed by atoms with Crippen LogP contribution in [0.4, 0.5) is 0 Å². The van der Waals surface area contributed by atoms with Crippen molar-refractivity contribution in [2.75, 3.05) is 20.1 Å². The van der Waals surface area contributed by atoms with Gasteiger partial charge in [0.25, 0.3) is 0 Å². The highest BCUT2D eigenvalue weighted by Crippen LogP contribution is 2.32. The summed E-state index contributed by atoms with van der Waals surface area (Å²) in [6.07, 6.45) is 10.8. The van der Waals surface area contributed by atoms with E-state index in [1.54, 1.807) is 11.1 Å². The molecule has 0 aromatic carbocycles. The quantitative estimate of drug-likeness (QED) is 0.829. The topological polar surface area (TPSA) is 65.2 Å². The fraction of sp³-hybridized carbons (Fsp3) is 0.722. The molecule has 1 aromatic rings. The number of aromatic nitrogens is 2. The van der Waals surface area contributed by atoms with Crippen LogP contribution in [0.3, 0.4) is 0 Å². The first kappa shape index (κ1) is 17.0. The molecule has 1 saturated carbocycles. The van der Waals surface area contributed by atoms with E-state index in [9.17, 15) is 10.1 Å². The molecule has 1 saturated heterocycles. The fourth-order valence-electron chi connectivity index (χ4n) is 4.11. The minimum atomic E-state index is -0.591. The van der Waals surface area contributed by atoms with Gasteiger partial charge in [-0.15, -0.1) is 0 Å². The first-order chi connectivity index (χ1) is 11.6. The Labute approximate surface area is 144 Å². The van der Waals surface area contributed by atoms with Crippen LogP contribution in [-0.4, -0.2) is 57.2 Å². The lowest BCUT2D eigenvalue weighted by Crippen LogP contribution is -2.53. The highest BCUT2D eigenvalue weighted by atomic mass is 16.2. The summed E-state index contributed by atoms with van der Waals surface area (Å²) < 4.78 is 1.94. The van der Waals surface area contributed by atoms with Crippen molar-refractivity contribution in [3.8, 4) is 6.07 Å². The summed E-state index contributed by atoms with van der Waals surface area (Å²) in [5.41, 5.74) is -0.591. The van der Waals surface area contributed by atoms with Crippen molar-refractivity contribution in [3.63, 3.8) is 0 Å². The number of likely N-dealkylation sites (tertiary alicyclic amines) is 1. The molecule has 6 nitrogen and oxygen atoms in total. The Balaban J connectivity index is 1.61. The van der Waals surface area contributed by atoms with Gasteiger partial charge >= 0.3 is 0 Å². The molecule has 0 N–H and O–H groups in total. The van der Waals surface area contributed by atoms with Crippen LogP contribution in [0, 0.1) is 11.3 Å². The van der Waals surface area contributed by atoms with E-state index in [-0.39, 0.29) is 5.91 Å². The lowest BCUT2D eigenvalue weighted by molar-refractivity contribution is -0.136. The minimum Gasteiger partial charge on any atom is -0.326 e. The van der Waals surface area contributed by atoms with Crippen molar-refractivity contribution in [1.29, 1.82) is 5.26 Å². The Hall–Kier alpha value is -1.87. The van der Waals surface area contributed by atoms with Gasteiger partial charge < -0.3 is 4.90 Å². The second-order valence-corrected chi connectivity index (χ2v) is 7.15. The van der Waals surface area contributed by atoms with E-state index in [2.05, 4.69) is 16.1 Å². The van der Waals surface area contributed by atoms with Gasteiger partial charge in [-0.05, 0) is 38.3 Å². The van der Waals surface area contributed by atoms with Crippen LogP contribution in [0.1, 0.15) is 44.9 Å². The Morgan fingerprint density at radius 2 is 2.17 bits per heavy atom. The first-order valence-electron chi connectivity index (χ1n) is 9.04. The third-order valence-corrected chi connectivity index (χ3v) is 5.70. The van der Waals surface area contributed by atoms with Gasteiger partial charge in [0.2, 0.25) is 5.91 Å². The summed E-state index contributed by atoms with van der Waals surface area (Å²) in [6, 6.07) is 4.72. The summed E-state index contributed by atoms with van der Waals surface area (Å²) in [5.74, 6) is 0.0748.